The lowest BCUT2D eigenvalue weighted by molar-refractivity contribution is -0.914. The molecule has 6 heteroatoms. The van der Waals surface area contributed by atoms with Gasteiger partial charge in [-0.3, -0.25) is 5.43 Å². The van der Waals surface area contributed by atoms with E-state index in [2.05, 4.69) is 40.1 Å². The van der Waals surface area contributed by atoms with Gasteiger partial charge in [-0.15, -0.1) is 0 Å². The Balaban J connectivity index is 1.43. The summed E-state index contributed by atoms with van der Waals surface area (Å²) in [7, 11) is 0. The first-order valence-corrected chi connectivity index (χ1v) is 8.85. The molecule has 0 spiro atoms. The molecule has 1 aliphatic rings. The number of nitrogens with one attached hydrogen (secondary N) is 3. The van der Waals surface area contributed by atoms with Crippen molar-refractivity contribution in [2.24, 2.45) is 5.10 Å². The lowest BCUT2D eigenvalue weighted by Crippen LogP contribution is -3.11. The highest BCUT2D eigenvalue weighted by atomic mass is 32.1. The summed E-state index contributed by atoms with van der Waals surface area (Å²) < 4.78 is 12.9. The number of piperidine rings is 1. The van der Waals surface area contributed by atoms with Crippen molar-refractivity contribution in [3.05, 3.63) is 66.0 Å². The topological polar surface area (TPSA) is 40.9 Å². The molecular weight excluding hydrogens is 335 g/mol. The molecule has 3 N–H and O–H groups in total. The zero-order chi connectivity index (χ0) is 17.5. The van der Waals surface area contributed by atoms with Gasteiger partial charge in [-0.05, 0) is 36.5 Å². The summed E-state index contributed by atoms with van der Waals surface area (Å²) in [6, 6.07) is 16.6. The summed E-state index contributed by atoms with van der Waals surface area (Å²) in [6.45, 7) is 3.22. The minimum absolute atomic E-state index is 0.269. The van der Waals surface area contributed by atoms with E-state index in [1.165, 1.54) is 17.7 Å². The predicted octanol–water partition coefficient (Wildman–Crippen LogP) is 2.35. The van der Waals surface area contributed by atoms with Gasteiger partial charge in [0.25, 0.3) is 0 Å². The van der Waals surface area contributed by atoms with E-state index in [9.17, 15) is 4.39 Å². The summed E-state index contributed by atoms with van der Waals surface area (Å²) in [4.78, 5) is 1.58. The molecular formula is C19H22FN4S+. The molecule has 0 saturated carbocycles. The molecule has 2 aromatic carbocycles. The largest absolute Gasteiger partial charge is 0.331 e. The zero-order valence-electron chi connectivity index (χ0n) is 14.0. The molecule has 25 heavy (non-hydrogen) atoms. The Morgan fingerprint density at radius 2 is 1.72 bits per heavy atom. The molecule has 4 nitrogen and oxygen atoms in total. The van der Waals surface area contributed by atoms with Crippen LogP contribution < -0.4 is 15.6 Å². The normalized spacial score (nSPS) is 17.0. The Morgan fingerprint density at radius 1 is 1.04 bits per heavy atom. The van der Waals surface area contributed by atoms with Crippen LogP contribution in [-0.4, -0.2) is 23.9 Å². The fourth-order valence-corrected chi connectivity index (χ4v) is 3.05. The monoisotopic (exact) mass is 357 g/mol. The molecule has 0 radical (unpaired) electrons. The van der Waals surface area contributed by atoms with Crippen molar-refractivity contribution in [1.29, 1.82) is 0 Å². The number of hydrazone groups is 1. The van der Waals surface area contributed by atoms with E-state index in [4.69, 9.17) is 12.2 Å². The molecule has 0 atom stereocenters. The van der Waals surface area contributed by atoms with Crippen LogP contribution in [0.5, 0.6) is 0 Å². The average molecular weight is 357 g/mol. The van der Waals surface area contributed by atoms with Gasteiger partial charge in [0.05, 0.1) is 13.1 Å². The van der Waals surface area contributed by atoms with Crippen molar-refractivity contribution in [2.45, 2.75) is 19.4 Å². The van der Waals surface area contributed by atoms with Crippen LogP contribution in [0.3, 0.4) is 0 Å². The molecule has 0 aromatic heterocycles. The Labute approximate surface area is 152 Å². The van der Waals surface area contributed by atoms with Gasteiger partial charge in [0, 0.05) is 29.8 Å². The van der Waals surface area contributed by atoms with E-state index >= 15 is 0 Å². The maximum atomic E-state index is 12.9. The molecule has 2 aromatic rings. The number of nitrogens with zero attached hydrogens (tertiary/aromatic N) is 1. The van der Waals surface area contributed by atoms with Crippen LogP contribution in [0.1, 0.15) is 18.4 Å². The van der Waals surface area contributed by atoms with Gasteiger partial charge < -0.3 is 10.2 Å². The second-order valence-electron chi connectivity index (χ2n) is 6.16. The summed E-state index contributed by atoms with van der Waals surface area (Å²) >= 11 is 5.22. The molecule has 0 bridgehead atoms. The molecule has 1 fully saturated rings. The van der Waals surface area contributed by atoms with Crippen molar-refractivity contribution in [3.63, 3.8) is 0 Å². The van der Waals surface area contributed by atoms with E-state index in [1.807, 2.05) is 6.07 Å². The second kappa shape index (κ2) is 8.69. The summed E-state index contributed by atoms with van der Waals surface area (Å²) in [5.41, 5.74) is 6.14. The molecule has 0 amide bonds. The van der Waals surface area contributed by atoms with Crippen LogP contribution in [0.2, 0.25) is 0 Å². The van der Waals surface area contributed by atoms with Gasteiger partial charge in [-0.25, -0.2) is 4.39 Å². The molecule has 0 aliphatic carbocycles. The number of anilines is 1. The highest BCUT2D eigenvalue weighted by molar-refractivity contribution is 7.80. The molecule has 1 aliphatic heterocycles. The van der Waals surface area contributed by atoms with Gasteiger partial charge in [-0.1, -0.05) is 30.3 Å². The maximum absolute atomic E-state index is 12.9. The lowest BCUT2D eigenvalue weighted by Gasteiger charge is -2.24. The standard InChI is InChI=1S/C19H21FN4S/c20-16-6-8-17(9-7-16)21-19(25)23-22-18-10-12-24(13-11-18)14-15-4-2-1-3-5-15/h1-9H,10-14H2,(H2,21,23,25)/p+1. The molecule has 0 unspecified atom stereocenters. The highest BCUT2D eigenvalue weighted by Crippen LogP contribution is 2.07. The van der Waals surface area contributed by atoms with Crippen molar-refractivity contribution < 1.29 is 9.29 Å². The van der Waals surface area contributed by atoms with Crippen molar-refractivity contribution in [2.75, 3.05) is 18.4 Å². The van der Waals surface area contributed by atoms with Crippen LogP contribution in [0, 0.1) is 5.82 Å². The van der Waals surface area contributed by atoms with E-state index in [0.717, 1.165) is 43.9 Å². The minimum Gasteiger partial charge on any atom is -0.331 e. The fourth-order valence-electron chi connectivity index (χ4n) is 2.89. The summed E-state index contributed by atoms with van der Waals surface area (Å²) in [5, 5.41) is 7.82. The molecule has 1 saturated heterocycles. The number of halogens is 1. The molecule has 130 valence electrons. The average Bonchev–Trinajstić information content (AvgIpc) is 2.64. The zero-order valence-corrected chi connectivity index (χ0v) is 14.8. The van der Waals surface area contributed by atoms with Crippen molar-refractivity contribution in [1.82, 2.24) is 5.43 Å². The van der Waals surface area contributed by atoms with E-state index in [1.54, 1.807) is 17.0 Å². The SMILES string of the molecule is Fc1ccc(NC(=S)NN=C2CC[NH+](Cc3ccccc3)CC2)cc1. The summed E-state index contributed by atoms with van der Waals surface area (Å²) in [5.74, 6) is -0.269. The lowest BCUT2D eigenvalue weighted by atomic mass is 10.1. The third-order valence-electron chi connectivity index (χ3n) is 4.25. The van der Waals surface area contributed by atoms with E-state index in [0.29, 0.717) is 5.11 Å². The quantitative estimate of drug-likeness (QED) is 0.581. The Morgan fingerprint density at radius 3 is 2.40 bits per heavy atom. The van der Waals surface area contributed by atoms with E-state index in [-0.39, 0.29) is 5.82 Å². The van der Waals surface area contributed by atoms with Crippen molar-refractivity contribution in [3.8, 4) is 0 Å². The molecule has 1 heterocycles. The van der Waals surface area contributed by atoms with Crippen LogP contribution in [0.15, 0.2) is 59.7 Å². The van der Waals surface area contributed by atoms with Crippen LogP contribution in [-0.2, 0) is 6.54 Å². The van der Waals surface area contributed by atoms with Crippen LogP contribution in [0.4, 0.5) is 10.1 Å². The van der Waals surface area contributed by atoms with E-state index < -0.39 is 0 Å². The fraction of sp³-hybridized carbons (Fsp3) is 0.263. The third-order valence-corrected chi connectivity index (χ3v) is 4.44. The Hall–Kier alpha value is -2.31. The number of rotatable bonds is 4. The number of quaternary nitrogens is 1. The number of thiocarbonyl (C=S) groups is 1. The van der Waals surface area contributed by atoms with Crippen molar-refractivity contribution >= 4 is 28.7 Å². The maximum Gasteiger partial charge on any atom is 0.191 e. The minimum atomic E-state index is -0.269. The summed E-state index contributed by atoms with van der Waals surface area (Å²) in [6.07, 6.45) is 1.93. The number of likely N-dealkylation sites (tertiary alicyclic amines) is 1. The highest BCUT2D eigenvalue weighted by Gasteiger charge is 2.18. The predicted molar refractivity (Wildman–Crippen MR) is 103 cm³/mol. The first-order valence-electron chi connectivity index (χ1n) is 8.44. The van der Waals surface area contributed by atoms with Gasteiger partial charge in [0.1, 0.15) is 12.4 Å². The molecule has 3 rings (SSSR count). The Kier molecular flexibility index (Phi) is 6.09. The Bertz CT molecular complexity index is 721. The van der Waals surface area contributed by atoms with Gasteiger partial charge in [0.15, 0.2) is 5.11 Å². The second-order valence-corrected chi connectivity index (χ2v) is 6.57. The van der Waals surface area contributed by atoms with Gasteiger partial charge >= 0.3 is 0 Å². The van der Waals surface area contributed by atoms with Crippen LogP contribution >= 0.6 is 12.2 Å². The number of hydrogen-bond donors (Lipinski definition) is 3. The van der Waals surface area contributed by atoms with Gasteiger partial charge in [-0.2, -0.15) is 5.10 Å². The number of hydrogen-bond acceptors (Lipinski definition) is 2. The van der Waals surface area contributed by atoms with Crippen LogP contribution in [0.25, 0.3) is 0 Å². The smallest absolute Gasteiger partial charge is 0.191 e. The first kappa shape index (κ1) is 17.5. The third kappa shape index (κ3) is 5.62. The number of benzene rings is 2. The first-order chi connectivity index (χ1) is 12.2. The van der Waals surface area contributed by atoms with Gasteiger partial charge in [0.2, 0.25) is 0 Å².